The summed E-state index contributed by atoms with van der Waals surface area (Å²) in [6.07, 6.45) is 3.81. The molecular weight excluding hydrogens is 304 g/mol. The Bertz CT molecular complexity index is 598. The van der Waals surface area contributed by atoms with Gasteiger partial charge >= 0.3 is 0 Å². The summed E-state index contributed by atoms with van der Waals surface area (Å²) < 4.78 is 5.64. The van der Waals surface area contributed by atoms with E-state index in [9.17, 15) is 9.59 Å². The molecule has 1 aliphatic heterocycles. The van der Waals surface area contributed by atoms with Gasteiger partial charge in [-0.3, -0.25) is 9.59 Å². The second kappa shape index (κ2) is 7.69. The maximum absolute atomic E-state index is 12.3. The first-order chi connectivity index (χ1) is 11.6. The van der Waals surface area contributed by atoms with Crippen LogP contribution in [0.25, 0.3) is 0 Å². The van der Waals surface area contributed by atoms with Crippen molar-refractivity contribution in [1.82, 2.24) is 10.2 Å². The van der Waals surface area contributed by atoms with Gasteiger partial charge in [0.15, 0.2) is 0 Å². The third kappa shape index (κ3) is 4.49. The van der Waals surface area contributed by atoms with Crippen molar-refractivity contribution in [2.24, 2.45) is 11.8 Å². The molecule has 1 aromatic rings. The molecule has 1 atom stereocenters. The lowest BCUT2D eigenvalue weighted by molar-refractivity contribution is -0.136. The van der Waals surface area contributed by atoms with Gasteiger partial charge in [-0.25, -0.2) is 0 Å². The van der Waals surface area contributed by atoms with Gasteiger partial charge in [-0.15, -0.1) is 0 Å². The van der Waals surface area contributed by atoms with Crippen LogP contribution in [0.4, 0.5) is 0 Å². The molecule has 24 heavy (non-hydrogen) atoms. The number of nitrogens with one attached hydrogen (secondary N) is 1. The van der Waals surface area contributed by atoms with Gasteiger partial charge in [-0.2, -0.15) is 0 Å². The van der Waals surface area contributed by atoms with E-state index in [0.717, 1.165) is 43.5 Å². The zero-order valence-corrected chi connectivity index (χ0v) is 14.3. The Morgan fingerprint density at radius 2 is 2.08 bits per heavy atom. The van der Waals surface area contributed by atoms with Gasteiger partial charge in [0.25, 0.3) is 0 Å². The summed E-state index contributed by atoms with van der Waals surface area (Å²) in [7, 11) is 0. The summed E-state index contributed by atoms with van der Waals surface area (Å²) in [5.41, 5.74) is 1.15. The van der Waals surface area contributed by atoms with Gasteiger partial charge in [0.2, 0.25) is 11.8 Å². The summed E-state index contributed by atoms with van der Waals surface area (Å²) in [4.78, 5) is 26.3. The number of aryl methyl sites for hydroxylation is 1. The van der Waals surface area contributed by atoms with Crippen LogP contribution in [0.5, 0.6) is 5.75 Å². The van der Waals surface area contributed by atoms with Crippen molar-refractivity contribution in [1.29, 1.82) is 0 Å². The van der Waals surface area contributed by atoms with E-state index in [1.165, 1.54) is 0 Å². The van der Waals surface area contributed by atoms with Crippen molar-refractivity contribution in [2.45, 2.75) is 32.6 Å². The van der Waals surface area contributed by atoms with E-state index in [-0.39, 0.29) is 23.7 Å². The first-order valence-corrected chi connectivity index (χ1v) is 8.89. The molecule has 5 nitrogen and oxygen atoms in total. The van der Waals surface area contributed by atoms with Crippen molar-refractivity contribution in [2.75, 3.05) is 26.2 Å². The molecule has 0 bridgehead atoms. The summed E-state index contributed by atoms with van der Waals surface area (Å²) in [6.45, 7) is 4.33. The zero-order chi connectivity index (χ0) is 16.9. The lowest BCUT2D eigenvalue weighted by atomic mass is 9.97. The molecule has 2 aliphatic rings. The molecular formula is C19H26N2O3. The van der Waals surface area contributed by atoms with Crippen LogP contribution in [0.3, 0.4) is 0 Å². The van der Waals surface area contributed by atoms with Crippen LogP contribution in [0.1, 0.15) is 31.2 Å². The van der Waals surface area contributed by atoms with Crippen LogP contribution in [-0.2, 0) is 9.59 Å². The molecule has 0 spiro atoms. The fourth-order valence-corrected chi connectivity index (χ4v) is 3.17. The SMILES string of the molecule is Cc1cccc(OCCNC(=O)[C@H]2CCCN(C(=O)C3CC3)C2)c1. The Morgan fingerprint density at radius 3 is 2.83 bits per heavy atom. The van der Waals surface area contributed by atoms with Crippen molar-refractivity contribution in [3.63, 3.8) is 0 Å². The van der Waals surface area contributed by atoms with Crippen LogP contribution in [0, 0.1) is 18.8 Å². The molecule has 2 fully saturated rings. The number of ether oxygens (including phenoxy) is 1. The van der Waals surface area contributed by atoms with Gasteiger partial charge in [0.05, 0.1) is 12.5 Å². The number of carbonyl (C=O) groups is 2. The summed E-state index contributed by atoms with van der Waals surface area (Å²) in [5.74, 6) is 1.25. The number of carbonyl (C=O) groups excluding carboxylic acids is 2. The van der Waals surface area contributed by atoms with Crippen LogP contribution < -0.4 is 10.1 Å². The predicted molar refractivity (Wildman–Crippen MR) is 91.7 cm³/mol. The van der Waals surface area contributed by atoms with Crippen LogP contribution in [0.15, 0.2) is 24.3 Å². The molecule has 2 amide bonds. The summed E-state index contributed by atoms with van der Waals surface area (Å²) in [5, 5.41) is 2.94. The minimum Gasteiger partial charge on any atom is -0.492 e. The van der Waals surface area contributed by atoms with E-state index >= 15 is 0 Å². The second-order valence-electron chi connectivity index (χ2n) is 6.85. The molecule has 1 saturated carbocycles. The highest BCUT2D eigenvalue weighted by Crippen LogP contribution is 2.32. The molecule has 0 unspecified atom stereocenters. The number of hydrogen-bond acceptors (Lipinski definition) is 3. The van der Waals surface area contributed by atoms with Crippen molar-refractivity contribution < 1.29 is 14.3 Å². The lowest BCUT2D eigenvalue weighted by Gasteiger charge is -2.32. The molecule has 1 saturated heterocycles. The normalized spacial score (nSPS) is 20.5. The molecule has 0 radical (unpaired) electrons. The van der Waals surface area contributed by atoms with E-state index in [0.29, 0.717) is 19.7 Å². The summed E-state index contributed by atoms with van der Waals surface area (Å²) in [6, 6.07) is 7.87. The number of amides is 2. The van der Waals surface area contributed by atoms with E-state index in [4.69, 9.17) is 4.74 Å². The molecule has 3 rings (SSSR count). The second-order valence-corrected chi connectivity index (χ2v) is 6.85. The summed E-state index contributed by atoms with van der Waals surface area (Å²) >= 11 is 0. The first kappa shape index (κ1) is 16.8. The quantitative estimate of drug-likeness (QED) is 0.813. The molecule has 5 heteroatoms. The Balaban J connectivity index is 1.39. The number of nitrogens with zero attached hydrogens (tertiary/aromatic N) is 1. The topological polar surface area (TPSA) is 58.6 Å². The fourth-order valence-electron chi connectivity index (χ4n) is 3.17. The van der Waals surface area contributed by atoms with E-state index < -0.39 is 0 Å². The minimum atomic E-state index is -0.0829. The maximum Gasteiger partial charge on any atom is 0.225 e. The van der Waals surface area contributed by atoms with E-state index in [2.05, 4.69) is 5.32 Å². The largest absolute Gasteiger partial charge is 0.492 e. The fraction of sp³-hybridized carbons (Fsp3) is 0.579. The highest BCUT2D eigenvalue weighted by Gasteiger charge is 2.36. The Hall–Kier alpha value is -2.04. The smallest absolute Gasteiger partial charge is 0.225 e. The van der Waals surface area contributed by atoms with Gasteiger partial charge < -0.3 is 15.0 Å². The van der Waals surface area contributed by atoms with Crippen molar-refractivity contribution in [3.8, 4) is 5.75 Å². The number of rotatable bonds is 6. The minimum absolute atomic E-state index is 0.0381. The maximum atomic E-state index is 12.3. The molecule has 1 aliphatic carbocycles. The molecule has 1 heterocycles. The van der Waals surface area contributed by atoms with E-state index in [1.54, 1.807) is 0 Å². The zero-order valence-electron chi connectivity index (χ0n) is 14.3. The average molecular weight is 330 g/mol. The average Bonchev–Trinajstić information content (AvgIpc) is 3.43. The number of hydrogen-bond donors (Lipinski definition) is 1. The van der Waals surface area contributed by atoms with Crippen LogP contribution >= 0.6 is 0 Å². The molecule has 1 aromatic carbocycles. The van der Waals surface area contributed by atoms with Gasteiger partial charge in [-0.1, -0.05) is 12.1 Å². The van der Waals surface area contributed by atoms with Crippen LogP contribution in [-0.4, -0.2) is 43.0 Å². The molecule has 1 N–H and O–H groups in total. The van der Waals surface area contributed by atoms with Crippen LogP contribution in [0.2, 0.25) is 0 Å². The Labute approximate surface area is 143 Å². The third-order valence-electron chi connectivity index (χ3n) is 4.69. The highest BCUT2D eigenvalue weighted by atomic mass is 16.5. The standard InChI is InChI=1S/C19H26N2O3/c1-14-4-2-6-17(12-14)24-11-9-20-18(22)16-5-3-10-21(13-16)19(23)15-7-8-15/h2,4,6,12,15-16H,3,5,7-11,13H2,1H3,(H,20,22)/t16-/m0/s1. The van der Waals surface area contributed by atoms with Crippen molar-refractivity contribution >= 4 is 11.8 Å². The molecule has 0 aromatic heterocycles. The van der Waals surface area contributed by atoms with Gasteiger partial charge in [0, 0.05) is 19.0 Å². The number of piperidine rings is 1. The predicted octanol–water partition coefficient (Wildman–Crippen LogP) is 2.14. The monoisotopic (exact) mass is 330 g/mol. The Kier molecular flexibility index (Phi) is 5.38. The van der Waals surface area contributed by atoms with Gasteiger partial charge in [0.1, 0.15) is 12.4 Å². The number of likely N-dealkylation sites (tertiary alicyclic amines) is 1. The third-order valence-corrected chi connectivity index (χ3v) is 4.69. The van der Waals surface area contributed by atoms with E-state index in [1.807, 2.05) is 36.1 Å². The highest BCUT2D eigenvalue weighted by molar-refractivity contribution is 5.83. The van der Waals surface area contributed by atoms with Crippen molar-refractivity contribution in [3.05, 3.63) is 29.8 Å². The Morgan fingerprint density at radius 1 is 1.25 bits per heavy atom. The first-order valence-electron chi connectivity index (χ1n) is 8.89. The lowest BCUT2D eigenvalue weighted by Crippen LogP contribution is -2.46. The number of benzene rings is 1. The van der Waals surface area contributed by atoms with Gasteiger partial charge in [-0.05, 0) is 50.3 Å². The molecule has 130 valence electrons.